The first kappa shape index (κ1) is 24.8. The van der Waals surface area contributed by atoms with Crippen molar-refractivity contribution in [2.45, 2.75) is 6.92 Å². The largest absolute Gasteiger partial charge is 0.506 e. The third kappa shape index (κ3) is 6.21. The zero-order valence-corrected chi connectivity index (χ0v) is 21.6. The fraction of sp³-hybridized carbons (Fsp3) is 0.238. The SMILES string of the molecule is Cc1ccc(Nc2nc(N/N=C\c3cc([N+](=O)[O-])cc(Br)c3O)nc(N3CCOCC3)n2)c(Br)c1. The number of nitro benzene ring substituents is 1. The second-order valence-electron chi connectivity index (χ2n) is 7.48. The van der Waals surface area contributed by atoms with Crippen LogP contribution in [0.3, 0.4) is 0 Å². The zero-order chi connectivity index (χ0) is 24.9. The van der Waals surface area contributed by atoms with Crippen LogP contribution in [-0.2, 0) is 4.74 Å². The Hall–Kier alpha value is -3.36. The van der Waals surface area contributed by atoms with Crippen LogP contribution < -0.4 is 15.6 Å². The molecule has 1 fully saturated rings. The van der Waals surface area contributed by atoms with Crippen molar-refractivity contribution in [3.8, 4) is 5.75 Å². The zero-order valence-electron chi connectivity index (χ0n) is 18.4. The fourth-order valence-corrected chi connectivity index (χ4v) is 4.24. The molecule has 0 atom stereocenters. The van der Waals surface area contributed by atoms with Gasteiger partial charge in [0.2, 0.25) is 17.8 Å². The maximum atomic E-state index is 11.1. The minimum absolute atomic E-state index is 0.142. The van der Waals surface area contributed by atoms with Crippen LogP contribution in [0, 0.1) is 17.0 Å². The van der Waals surface area contributed by atoms with Gasteiger partial charge in [0.05, 0.1) is 34.5 Å². The van der Waals surface area contributed by atoms with Crippen molar-refractivity contribution in [3.63, 3.8) is 0 Å². The summed E-state index contributed by atoms with van der Waals surface area (Å²) < 4.78 is 6.45. The number of hydrogen-bond donors (Lipinski definition) is 3. The third-order valence-corrected chi connectivity index (χ3v) is 6.21. The summed E-state index contributed by atoms with van der Waals surface area (Å²) in [5.41, 5.74) is 4.54. The molecule has 1 aromatic heterocycles. The van der Waals surface area contributed by atoms with Crippen LogP contribution in [0.5, 0.6) is 5.75 Å². The van der Waals surface area contributed by atoms with E-state index in [0.717, 1.165) is 15.7 Å². The topological polar surface area (TPSA) is 151 Å². The molecule has 4 rings (SSSR count). The monoisotopic (exact) mass is 606 g/mol. The molecule has 12 nitrogen and oxygen atoms in total. The molecule has 182 valence electrons. The van der Waals surface area contributed by atoms with Gasteiger partial charge in [0.1, 0.15) is 5.75 Å². The molecule has 0 amide bonds. The first-order chi connectivity index (χ1) is 16.8. The van der Waals surface area contributed by atoms with Gasteiger partial charge >= 0.3 is 0 Å². The van der Waals surface area contributed by atoms with Gasteiger partial charge < -0.3 is 20.1 Å². The van der Waals surface area contributed by atoms with Gasteiger partial charge in [-0.2, -0.15) is 20.1 Å². The van der Waals surface area contributed by atoms with Crippen molar-refractivity contribution >= 4 is 67.3 Å². The molecule has 3 aromatic rings. The van der Waals surface area contributed by atoms with E-state index in [1.54, 1.807) is 0 Å². The third-order valence-electron chi connectivity index (χ3n) is 4.95. The number of nitro groups is 1. The smallest absolute Gasteiger partial charge is 0.271 e. The van der Waals surface area contributed by atoms with E-state index >= 15 is 0 Å². The second kappa shape index (κ2) is 10.9. The van der Waals surface area contributed by atoms with Crippen LogP contribution in [-0.4, -0.2) is 57.5 Å². The number of aryl methyl sites for hydroxylation is 1. The van der Waals surface area contributed by atoms with Gasteiger partial charge in [-0.1, -0.05) is 6.07 Å². The van der Waals surface area contributed by atoms with Crippen molar-refractivity contribution < 1.29 is 14.8 Å². The van der Waals surface area contributed by atoms with E-state index < -0.39 is 4.92 Å². The lowest BCUT2D eigenvalue weighted by Crippen LogP contribution is -2.37. The molecule has 0 radical (unpaired) electrons. The molecular weight excluding hydrogens is 588 g/mol. The van der Waals surface area contributed by atoms with Gasteiger partial charge in [-0.3, -0.25) is 10.1 Å². The molecule has 14 heteroatoms. The Kier molecular flexibility index (Phi) is 7.73. The molecule has 0 unspecified atom stereocenters. The van der Waals surface area contributed by atoms with Gasteiger partial charge in [0.25, 0.3) is 5.69 Å². The number of phenolic OH excluding ortho intramolecular Hbond substituents is 1. The van der Waals surface area contributed by atoms with Crippen molar-refractivity contribution in [1.82, 2.24) is 15.0 Å². The molecule has 0 bridgehead atoms. The quantitative estimate of drug-likeness (QED) is 0.201. The first-order valence-corrected chi connectivity index (χ1v) is 12.0. The molecule has 2 heterocycles. The summed E-state index contributed by atoms with van der Waals surface area (Å²) >= 11 is 6.65. The number of halogens is 2. The van der Waals surface area contributed by atoms with Crippen molar-refractivity contribution in [3.05, 3.63) is 60.5 Å². The Morgan fingerprint density at radius 1 is 1.14 bits per heavy atom. The molecule has 1 aliphatic heterocycles. The fourth-order valence-electron chi connectivity index (χ4n) is 3.19. The summed E-state index contributed by atoms with van der Waals surface area (Å²) in [5, 5.41) is 28.6. The van der Waals surface area contributed by atoms with Crippen LogP contribution in [0.15, 0.2) is 44.4 Å². The van der Waals surface area contributed by atoms with Crippen LogP contribution >= 0.6 is 31.9 Å². The normalized spacial score (nSPS) is 13.7. The predicted octanol–water partition coefficient (Wildman–Crippen LogP) is 4.35. The Bertz CT molecular complexity index is 1280. The summed E-state index contributed by atoms with van der Waals surface area (Å²) in [4.78, 5) is 25.9. The molecular formula is C21H20Br2N8O4. The van der Waals surface area contributed by atoms with Crippen molar-refractivity contribution in [1.29, 1.82) is 0 Å². The lowest BCUT2D eigenvalue weighted by atomic mass is 10.2. The Morgan fingerprint density at radius 3 is 2.60 bits per heavy atom. The van der Waals surface area contributed by atoms with E-state index in [2.05, 4.69) is 62.7 Å². The van der Waals surface area contributed by atoms with Gasteiger partial charge in [0, 0.05) is 35.3 Å². The Morgan fingerprint density at radius 2 is 1.89 bits per heavy atom. The number of non-ortho nitro benzene ring substituents is 1. The minimum atomic E-state index is -0.559. The van der Waals surface area contributed by atoms with Crippen LogP contribution in [0.25, 0.3) is 0 Å². The summed E-state index contributed by atoms with van der Waals surface area (Å²) in [6.07, 6.45) is 1.24. The summed E-state index contributed by atoms with van der Waals surface area (Å²) in [6, 6.07) is 8.26. The number of morpholine rings is 1. The number of phenols is 1. The molecule has 0 aliphatic carbocycles. The van der Waals surface area contributed by atoms with Crippen LogP contribution in [0.4, 0.5) is 29.2 Å². The highest BCUT2D eigenvalue weighted by molar-refractivity contribution is 9.11. The number of hydrazone groups is 1. The highest BCUT2D eigenvalue weighted by Crippen LogP contribution is 2.31. The number of aromatic nitrogens is 3. The standard InChI is InChI=1S/C21H20Br2N8O4/c1-12-2-3-17(15(22)8-12)25-19-26-20(28-21(27-19)30-4-6-35-7-5-30)29-24-11-13-9-14(31(33)34)10-16(23)18(13)32/h2-3,8-11,32H,4-7H2,1H3,(H2,25,26,27,28,29)/b24-11-. The molecule has 0 spiro atoms. The van der Waals surface area contributed by atoms with E-state index in [-0.39, 0.29) is 27.4 Å². The van der Waals surface area contributed by atoms with Gasteiger partial charge in [-0.25, -0.2) is 5.43 Å². The summed E-state index contributed by atoms with van der Waals surface area (Å²) in [6.45, 7) is 4.34. The maximum Gasteiger partial charge on any atom is 0.271 e. The number of nitrogens with one attached hydrogen (secondary N) is 2. The number of rotatable bonds is 7. The van der Waals surface area contributed by atoms with Crippen LogP contribution in [0.2, 0.25) is 0 Å². The Labute approximate surface area is 216 Å². The van der Waals surface area contributed by atoms with E-state index in [0.29, 0.717) is 38.2 Å². The average Bonchev–Trinajstić information content (AvgIpc) is 2.84. The number of aromatic hydroxyl groups is 1. The predicted molar refractivity (Wildman–Crippen MR) is 139 cm³/mol. The number of anilines is 4. The van der Waals surface area contributed by atoms with E-state index in [9.17, 15) is 15.2 Å². The molecule has 3 N–H and O–H groups in total. The van der Waals surface area contributed by atoms with Crippen molar-refractivity contribution in [2.75, 3.05) is 41.9 Å². The lowest BCUT2D eigenvalue weighted by molar-refractivity contribution is -0.385. The van der Waals surface area contributed by atoms with Gasteiger partial charge in [0.15, 0.2) is 0 Å². The number of hydrogen-bond acceptors (Lipinski definition) is 11. The molecule has 2 aromatic carbocycles. The summed E-state index contributed by atoms with van der Waals surface area (Å²) in [7, 11) is 0. The number of nitrogens with zero attached hydrogens (tertiary/aromatic N) is 6. The van der Waals surface area contributed by atoms with E-state index in [1.165, 1.54) is 18.3 Å². The molecule has 1 saturated heterocycles. The molecule has 0 saturated carbocycles. The second-order valence-corrected chi connectivity index (χ2v) is 9.19. The van der Waals surface area contributed by atoms with Crippen LogP contribution in [0.1, 0.15) is 11.1 Å². The maximum absolute atomic E-state index is 11.1. The number of ether oxygens (including phenoxy) is 1. The average molecular weight is 608 g/mol. The Balaban J connectivity index is 1.62. The minimum Gasteiger partial charge on any atom is -0.506 e. The first-order valence-electron chi connectivity index (χ1n) is 10.4. The van der Waals surface area contributed by atoms with Gasteiger partial charge in [-0.05, 0) is 56.5 Å². The highest BCUT2D eigenvalue weighted by Gasteiger charge is 2.18. The van der Waals surface area contributed by atoms with Gasteiger partial charge in [-0.15, -0.1) is 0 Å². The summed E-state index contributed by atoms with van der Waals surface area (Å²) in [5.74, 6) is 0.696. The number of benzene rings is 2. The van der Waals surface area contributed by atoms with E-state index in [1.807, 2.05) is 30.0 Å². The molecule has 35 heavy (non-hydrogen) atoms. The molecule has 1 aliphatic rings. The van der Waals surface area contributed by atoms with E-state index in [4.69, 9.17) is 4.74 Å². The lowest BCUT2D eigenvalue weighted by Gasteiger charge is -2.27. The highest BCUT2D eigenvalue weighted by atomic mass is 79.9. The van der Waals surface area contributed by atoms with Crippen molar-refractivity contribution in [2.24, 2.45) is 5.10 Å².